The molecule has 4 nitrogen and oxygen atoms in total. The lowest BCUT2D eigenvalue weighted by molar-refractivity contribution is 0.0698. The lowest BCUT2D eigenvalue weighted by Crippen LogP contribution is -1.96. The maximum absolute atomic E-state index is 10.8. The normalized spacial score (nSPS) is 10.5. The van der Waals surface area contributed by atoms with Gasteiger partial charge >= 0.3 is 5.97 Å². The number of benzene rings is 1. The fourth-order valence-electron chi connectivity index (χ4n) is 0.961. The van der Waals surface area contributed by atoms with Crippen LogP contribution in [-0.4, -0.2) is 24.1 Å². The zero-order valence-electron chi connectivity index (χ0n) is 8.11. The minimum atomic E-state index is -1.05. The van der Waals surface area contributed by atoms with E-state index in [1.807, 2.05) is 6.92 Å². The first-order valence-electron chi connectivity index (χ1n) is 4.32. The number of carboxylic acids is 1. The zero-order valence-corrected chi connectivity index (χ0v) is 8.86. The van der Waals surface area contributed by atoms with E-state index in [1.54, 1.807) is 0 Å². The van der Waals surface area contributed by atoms with E-state index < -0.39 is 5.97 Å². The van der Waals surface area contributed by atoms with Crippen LogP contribution in [0, 0.1) is 0 Å². The van der Waals surface area contributed by atoms with E-state index in [1.165, 1.54) is 24.6 Å². The molecule has 0 unspecified atom stereocenters. The van der Waals surface area contributed by atoms with Gasteiger partial charge in [-0.25, -0.2) is 9.79 Å². The first-order chi connectivity index (χ1) is 7.15. The summed E-state index contributed by atoms with van der Waals surface area (Å²) in [5.74, 6) is -1.05. The van der Waals surface area contributed by atoms with Crippen molar-refractivity contribution in [1.82, 2.24) is 0 Å². The molecule has 0 radical (unpaired) electrons. The van der Waals surface area contributed by atoms with Gasteiger partial charge in [0.15, 0.2) is 6.40 Å². The second kappa shape index (κ2) is 5.36. The smallest absolute Gasteiger partial charge is 0.337 e. The molecule has 80 valence electrons. The molecule has 1 aromatic carbocycles. The molecule has 1 aromatic rings. The highest BCUT2D eigenvalue weighted by molar-refractivity contribution is 6.31. The van der Waals surface area contributed by atoms with Crippen molar-refractivity contribution in [3.63, 3.8) is 0 Å². The molecule has 0 fully saturated rings. The van der Waals surface area contributed by atoms with Crippen molar-refractivity contribution < 1.29 is 14.6 Å². The van der Waals surface area contributed by atoms with E-state index in [0.717, 1.165) is 0 Å². The number of rotatable bonds is 4. The van der Waals surface area contributed by atoms with Gasteiger partial charge < -0.3 is 9.84 Å². The molecular formula is C10H10ClNO3. The molecule has 15 heavy (non-hydrogen) atoms. The van der Waals surface area contributed by atoms with Gasteiger partial charge in [-0.2, -0.15) is 0 Å². The predicted molar refractivity (Wildman–Crippen MR) is 58.2 cm³/mol. The summed E-state index contributed by atoms with van der Waals surface area (Å²) in [4.78, 5) is 14.7. The summed E-state index contributed by atoms with van der Waals surface area (Å²) in [5, 5.41) is 9.29. The Kier molecular flexibility index (Phi) is 4.12. The summed E-state index contributed by atoms with van der Waals surface area (Å²) < 4.78 is 4.88. The van der Waals surface area contributed by atoms with E-state index in [-0.39, 0.29) is 11.3 Å². The number of carboxylic acid groups (broad SMARTS) is 1. The fraction of sp³-hybridized carbons (Fsp3) is 0.200. The third kappa shape index (κ3) is 3.25. The van der Waals surface area contributed by atoms with Gasteiger partial charge in [0.2, 0.25) is 0 Å². The third-order valence-electron chi connectivity index (χ3n) is 1.62. The van der Waals surface area contributed by atoms with Gasteiger partial charge in [-0.1, -0.05) is 11.6 Å². The van der Waals surface area contributed by atoms with Crippen molar-refractivity contribution in [3.8, 4) is 0 Å². The number of carbonyl (C=O) groups is 1. The standard InChI is InChI=1S/C10H10ClNO3/c1-2-15-6-12-9-5-7(11)3-4-8(9)10(13)14/h3-6H,2H2,1H3,(H,13,14). The van der Waals surface area contributed by atoms with Gasteiger partial charge in [0.1, 0.15) is 0 Å². The Labute approximate surface area is 92.2 Å². The van der Waals surface area contributed by atoms with Gasteiger partial charge in [0, 0.05) is 5.02 Å². The molecule has 1 N–H and O–H groups in total. The average molecular weight is 228 g/mol. The highest BCUT2D eigenvalue weighted by atomic mass is 35.5. The number of hydrogen-bond donors (Lipinski definition) is 1. The number of halogens is 1. The Morgan fingerprint density at radius 1 is 1.67 bits per heavy atom. The predicted octanol–water partition coefficient (Wildman–Crippen LogP) is 2.73. The summed E-state index contributed by atoms with van der Waals surface area (Å²) >= 11 is 5.73. The fourth-order valence-corrected chi connectivity index (χ4v) is 1.13. The van der Waals surface area contributed by atoms with Crippen LogP contribution in [0.2, 0.25) is 5.02 Å². The summed E-state index contributed by atoms with van der Waals surface area (Å²) in [6.45, 7) is 2.29. The van der Waals surface area contributed by atoms with E-state index in [2.05, 4.69) is 4.99 Å². The van der Waals surface area contributed by atoms with Gasteiger partial charge in [0.05, 0.1) is 17.9 Å². The van der Waals surface area contributed by atoms with Crippen LogP contribution in [0.1, 0.15) is 17.3 Å². The molecule has 0 aliphatic rings. The monoisotopic (exact) mass is 227 g/mol. The summed E-state index contributed by atoms with van der Waals surface area (Å²) in [5.41, 5.74) is 0.374. The minimum Gasteiger partial charge on any atom is -0.483 e. The third-order valence-corrected chi connectivity index (χ3v) is 1.86. The van der Waals surface area contributed by atoms with Gasteiger partial charge in [-0.3, -0.25) is 0 Å². The van der Waals surface area contributed by atoms with E-state index in [4.69, 9.17) is 21.4 Å². The van der Waals surface area contributed by atoms with E-state index in [9.17, 15) is 4.79 Å². The molecular weight excluding hydrogens is 218 g/mol. The number of nitrogens with zero attached hydrogens (tertiary/aromatic N) is 1. The SMILES string of the molecule is CCOC=Nc1cc(Cl)ccc1C(=O)O. The van der Waals surface area contributed by atoms with E-state index >= 15 is 0 Å². The van der Waals surface area contributed by atoms with E-state index in [0.29, 0.717) is 11.6 Å². The molecule has 0 bridgehead atoms. The van der Waals surface area contributed by atoms with Crippen LogP contribution in [0.5, 0.6) is 0 Å². The summed E-state index contributed by atoms with van der Waals surface area (Å²) in [7, 11) is 0. The van der Waals surface area contributed by atoms with Crippen LogP contribution in [0.15, 0.2) is 23.2 Å². The number of ether oxygens (including phenoxy) is 1. The molecule has 0 spiro atoms. The maximum Gasteiger partial charge on any atom is 0.337 e. The van der Waals surface area contributed by atoms with Crippen molar-refractivity contribution in [3.05, 3.63) is 28.8 Å². The van der Waals surface area contributed by atoms with Crippen LogP contribution in [-0.2, 0) is 4.74 Å². The zero-order chi connectivity index (χ0) is 11.3. The minimum absolute atomic E-state index is 0.0929. The van der Waals surface area contributed by atoms with Crippen LogP contribution in [0.25, 0.3) is 0 Å². The highest BCUT2D eigenvalue weighted by Crippen LogP contribution is 2.23. The average Bonchev–Trinajstić information content (AvgIpc) is 2.18. The summed E-state index contributed by atoms with van der Waals surface area (Å²) in [6, 6.07) is 4.38. The molecule has 1 rings (SSSR count). The maximum atomic E-state index is 10.8. The lowest BCUT2D eigenvalue weighted by Gasteiger charge is -2.00. The largest absolute Gasteiger partial charge is 0.483 e. The van der Waals surface area contributed by atoms with Crippen LogP contribution in [0.3, 0.4) is 0 Å². The molecule has 0 heterocycles. The molecule has 0 saturated carbocycles. The lowest BCUT2D eigenvalue weighted by atomic mass is 10.2. The number of aromatic carboxylic acids is 1. The van der Waals surface area contributed by atoms with Crippen molar-refractivity contribution in [2.75, 3.05) is 6.61 Å². The van der Waals surface area contributed by atoms with Gasteiger partial charge in [-0.05, 0) is 25.1 Å². The van der Waals surface area contributed by atoms with Crippen molar-refractivity contribution in [2.45, 2.75) is 6.92 Å². The second-order valence-electron chi connectivity index (χ2n) is 2.66. The Hall–Kier alpha value is -1.55. The Balaban J connectivity index is 3.02. The first-order valence-corrected chi connectivity index (χ1v) is 4.70. The second-order valence-corrected chi connectivity index (χ2v) is 3.09. The van der Waals surface area contributed by atoms with Crippen LogP contribution >= 0.6 is 11.6 Å². The molecule has 0 aliphatic heterocycles. The molecule has 0 aliphatic carbocycles. The van der Waals surface area contributed by atoms with Crippen LogP contribution in [0.4, 0.5) is 5.69 Å². The molecule has 0 amide bonds. The Morgan fingerprint density at radius 3 is 3.00 bits per heavy atom. The highest BCUT2D eigenvalue weighted by Gasteiger charge is 2.09. The summed E-state index contributed by atoms with van der Waals surface area (Å²) in [6.07, 6.45) is 1.21. The Morgan fingerprint density at radius 2 is 2.40 bits per heavy atom. The Bertz CT molecular complexity index is 390. The topological polar surface area (TPSA) is 58.9 Å². The number of aliphatic imine (C=N–C) groups is 1. The molecule has 5 heteroatoms. The van der Waals surface area contributed by atoms with Crippen molar-refractivity contribution >= 4 is 29.7 Å². The first kappa shape index (κ1) is 11.5. The van der Waals surface area contributed by atoms with Gasteiger partial charge in [-0.15, -0.1) is 0 Å². The van der Waals surface area contributed by atoms with Gasteiger partial charge in [0.25, 0.3) is 0 Å². The van der Waals surface area contributed by atoms with Crippen molar-refractivity contribution in [1.29, 1.82) is 0 Å². The molecule has 0 atom stereocenters. The molecule has 0 saturated heterocycles. The quantitative estimate of drug-likeness (QED) is 0.636. The molecule has 0 aromatic heterocycles. The van der Waals surface area contributed by atoms with Crippen LogP contribution < -0.4 is 0 Å². The van der Waals surface area contributed by atoms with Crippen molar-refractivity contribution in [2.24, 2.45) is 4.99 Å². The number of hydrogen-bond acceptors (Lipinski definition) is 3.